The number of hydrogen-bond donors (Lipinski definition) is 1. The first-order chi connectivity index (χ1) is 11.0. The van der Waals surface area contributed by atoms with Crippen molar-refractivity contribution >= 4 is 11.9 Å². The maximum Gasteiger partial charge on any atom is 0.325 e. The summed E-state index contributed by atoms with van der Waals surface area (Å²) in [6, 6.07) is 13.2. The molecular weight excluding hydrogens is 295 g/mol. The van der Waals surface area contributed by atoms with Gasteiger partial charge in [0.2, 0.25) is 0 Å². The van der Waals surface area contributed by atoms with Crippen LogP contribution in [0.25, 0.3) is 0 Å². The molecule has 0 radical (unpaired) electrons. The molecular formula is C18H17FN2O2. The van der Waals surface area contributed by atoms with Gasteiger partial charge in [0, 0.05) is 6.42 Å². The van der Waals surface area contributed by atoms with Gasteiger partial charge in [0.05, 0.1) is 6.54 Å². The lowest BCUT2D eigenvalue weighted by atomic mass is 10.1. The van der Waals surface area contributed by atoms with Gasteiger partial charge < -0.3 is 5.32 Å². The molecule has 0 bridgehead atoms. The van der Waals surface area contributed by atoms with E-state index < -0.39 is 12.1 Å². The van der Waals surface area contributed by atoms with Crippen molar-refractivity contribution in [1.82, 2.24) is 10.2 Å². The first kappa shape index (κ1) is 15.2. The van der Waals surface area contributed by atoms with Crippen molar-refractivity contribution in [2.75, 3.05) is 0 Å². The summed E-state index contributed by atoms with van der Waals surface area (Å²) in [5.74, 6) is -0.616. The smallest absolute Gasteiger partial charge is 0.325 e. The van der Waals surface area contributed by atoms with Crippen LogP contribution in [0.3, 0.4) is 0 Å². The Hall–Kier alpha value is -2.69. The number of imide groups is 1. The molecule has 0 saturated carbocycles. The molecule has 3 amide bonds. The van der Waals surface area contributed by atoms with Crippen LogP contribution in [0.1, 0.15) is 16.7 Å². The molecule has 0 spiro atoms. The Balaban J connectivity index is 1.72. The quantitative estimate of drug-likeness (QED) is 0.883. The average molecular weight is 312 g/mol. The van der Waals surface area contributed by atoms with Gasteiger partial charge in [0.15, 0.2) is 0 Å². The van der Waals surface area contributed by atoms with Crippen LogP contribution >= 0.6 is 0 Å². The predicted molar refractivity (Wildman–Crippen MR) is 84.2 cm³/mol. The van der Waals surface area contributed by atoms with Crippen LogP contribution in [-0.4, -0.2) is 22.9 Å². The van der Waals surface area contributed by atoms with Crippen molar-refractivity contribution in [3.05, 3.63) is 71.0 Å². The zero-order valence-electron chi connectivity index (χ0n) is 12.8. The average Bonchev–Trinajstić information content (AvgIpc) is 2.79. The Bertz CT molecular complexity index is 746. The normalized spacial score (nSPS) is 17.5. The van der Waals surface area contributed by atoms with Gasteiger partial charge in [-0.25, -0.2) is 9.18 Å². The molecule has 1 aliphatic heterocycles. The summed E-state index contributed by atoms with van der Waals surface area (Å²) in [5.41, 5.74) is 2.11. The van der Waals surface area contributed by atoms with Gasteiger partial charge in [-0.1, -0.05) is 42.5 Å². The van der Waals surface area contributed by atoms with Crippen LogP contribution in [0.2, 0.25) is 0 Å². The number of halogens is 1. The third kappa shape index (κ3) is 3.23. The SMILES string of the molecule is Cc1ccc(CN2C(=O)NC(Cc3ccccc3)C2=O)cc1F. The molecule has 5 heteroatoms. The summed E-state index contributed by atoms with van der Waals surface area (Å²) in [5, 5.41) is 2.69. The summed E-state index contributed by atoms with van der Waals surface area (Å²) in [4.78, 5) is 25.6. The molecule has 4 nitrogen and oxygen atoms in total. The van der Waals surface area contributed by atoms with E-state index in [1.165, 1.54) is 6.07 Å². The number of amides is 3. The number of aryl methyl sites for hydroxylation is 1. The Morgan fingerprint density at radius 3 is 2.52 bits per heavy atom. The maximum atomic E-state index is 13.6. The lowest BCUT2D eigenvalue weighted by molar-refractivity contribution is -0.127. The van der Waals surface area contributed by atoms with E-state index in [1.807, 2.05) is 30.3 Å². The van der Waals surface area contributed by atoms with Crippen LogP contribution in [0.15, 0.2) is 48.5 Å². The lowest BCUT2D eigenvalue weighted by Crippen LogP contribution is -2.32. The Morgan fingerprint density at radius 2 is 1.83 bits per heavy atom. The van der Waals surface area contributed by atoms with E-state index in [0.717, 1.165) is 10.5 Å². The Labute approximate surface area is 133 Å². The van der Waals surface area contributed by atoms with Crippen LogP contribution in [0.4, 0.5) is 9.18 Å². The summed E-state index contributed by atoms with van der Waals surface area (Å²) in [6.07, 6.45) is 0.449. The lowest BCUT2D eigenvalue weighted by Gasteiger charge is -2.13. The molecule has 2 aromatic rings. The molecule has 3 rings (SSSR count). The van der Waals surface area contributed by atoms with Crippen molar-refractivity contribution in [3.63, 3.8) is 0 Å². The fourth-order valence-electron chi connectivity index (χ4n) is 2.63. The minimum absolute atomic E-state index is 0.0765. The van der Waals surface area contributed by atoms with E-state index >= 15 is 0 Å². The third-order valence-corrected chi connectivity index (χ3v) is 3.97. The van der Waals surface area contributed by atoms with E-state index in [1.54, 1.807) is 19.1 Å². The Kier molecular flexibility index (Phi) is 4.10. The standard InChI is InChI=1S/C18H17FN2O2/c1-12-7-8-14(9-15(12)19)11-21-17(22)16(20-18(21)23)10-13-5-3-2-4-6-13/h2-9,16H,10-11H2,1H3,(H,20,23). The second-order valence-electron chi connectivity index (χ2n) is 5.70. The molecule has 1 unspecified atom stereocenters. The summed E-state index contributed by atoms with van der Waals surface area (Å²) in [7, 11) is 0. The third-order valence-electron chi connectivity index (χ3n) is 3.97. The molecule has 1 aliphatic rings. The Morgan fingerprint density at radius 1 is 1.09 bits per heavy atom. The topological polar surface area (TPSA) is 49.4 Å². The van der Waals surface area contributed by atoms with Gasteiger partial charge in [0.25, 0.3) is 5.91 Å². The highest BCUT2D eigenvalue weighted by Crippen LogP contribution is 2.17. The van der Waals surface area contributed by atoms with Crippen molar-refractivity contribution in [2.45, 2.75) is 25.9 Å². The number of nitrogens with one attached hydrogen (secondary N) is 1. The fraction of sp³-hybridized carbons (Fsp3) is 0.222. The van der Waals surface area contributed by atoms with Crippen LogP contribution < -0.4 is 5.32 Å². The molecule has 118 valence electrons. The van der Waals surface area contributed by atoms with E-state index in [4.69, 9.17) is 0 Å². The predicted octanol–water partition coefficient (Wildman–Crippen LogP) is 2.80. The molecule has 2 aromatic carbocycles. The minimum atomic E-state index is -0.569. The van der Waals surface area contributed by atoms with Crippen LogP contribution in [0.5, 0.6) is 0 Å². The minimum Gasteiger partial charge on any atom is -0.325 e. The molecule has 0 aromatic heterocycles. The fourth-order valence-corrected chi connectivity index (χ4v) is 2.63. The number of hydrogen-bond acceptors (Lipinski definition) is 2. The first-order valence-corrected chi connectivity index (χ1v) is 7.45. The van der Waals surface area contributed by atoms with Crippen molar-refractivity contribution in [2.24, 2.45) is 0 Å². The highest BCUT2D eigenvalue weighted by molar-refractivity contribution is 6.04. The van der Waals surface area contributed by atoms with Gasteiger partial charge in [-0.05, 0) is 29.7 Å². The molecule has 1 saturated heterocycles. The summed E-state index contributed by atoms with van der Waals surface area (Å²) >= 11 is 0. The molecule has 1 atom stereocenters. The number of carbonyl (C=O) groups excluding carboxylic acids is 2. The maximum absolute atomic E-state index is 13.6. The van der Waals surface area contributed by atoms with Crippen LogP contribution in [0, 0.1) is 12.7 Å². The molecule has 1 fully saturated rings. The van der Waals surface area contributed by atoms with Gasteiger partial charge in [0.1, 0.15) is 11.9 Å². The highest BCUT2D eigenvalue weighted by atomic mass is 19.1. The second kappa shape index (κ2) is 6.20. The van der Waals surface area contributed by atoms with Crippen LogP contribution in [-0.2, 0) is 17.8 Å². The number of nitrogens with zero attached hydrogens (tertiary/aromatic N) is 1. The van der Waals surface area contributed by atoms with Gasteiger partial charge in [-0.3, -0.25) is 9.69 Å². The number of urea groups is 1. The van der Waals surface area contributed by atoms with Crippen molar-refractivity contribution < 1.29 is 14.0 Å². The summed E-state index contributed by atoms with van der Waals surface area (Å²) in [6.45, 7) is 1.75. The van der Waals surface area contributed by atoms with E-state index in [-0.39, 0.29) is 18.3 Å². The highest BCUT2D eigenvalue weighted by Gasteiger charge is 2.37. The number of rotatable bonds is 4. The largest absolute Gasteiger partial charge is 0.325 e. The summed E-state index contributed by atoms with van der Waals surface area (Å²) < 4.78 is 13.6. The second-order valence-corrected chi connectivity index (χ2v) is 5.70. The molecule has 0 aliphatic carbocycles. The van der Waals surface area contributed by atoms with Gasteiger partial charge in [-0.2, -0.15) is 0 Å². The van der Waals surface area contributed by atoms with Crippen molar-refractivity contribution in [3.8, 4) is 0 Å². The zero-order valence-corrected chi connectivity index (χ0v) is 12.8. The van der Waals surface area contributed by atoms with Crippen molar-refractivity contribution in [1.29, 1.82) is 0 Å². The molecule has 23 heavy (non-hydrogen) atoms. The number of carbonyl (C=O) groups is 2. The van der Waals surface area contributed by atoms with Gasteiger partial charge >= 0.3 is 6.03 Å². The molecule has 1 N–H and O–H groups in total. The van der Waals surface area contributed by atoms with E-state index in [2.05, 4.69) is 5.32 Å². The number of benzene rings is 2. The van der Waals surface area contributed by atoms with E-state index in [0.29, 0.717) is 17.5 Å². The monoisotopic (exact) mass is 312 g/mol. The van der Waals surface area contributed by atoms with E-state index in [9.17, 15) is 14.0 Å². The zero-order chi connectivity index (χ0) is 16.4. The first-order valence-electron chi connectivity index (χ1n) is 7.45. The van der Waals surface area contributed by atoms with Gasteiger partial charge in [-0.15, -0.1) is 0 Å². The molecule has 1 heterocycles.